The predicted molar refractivity (Wildman–Crippen MR) is 106 cm³/mol. The van der Waals surface area contributed by atoms with E-state index in [1.54, 1.807) is 6.92 Å². The Kier molecular flexibility index (Phi) is 5.46. The maximum Gasteiger partial charge on any atom is 0.416 e. The highest BCUT2D eigenvalue weighted by atomic mass is 35.5. The van der Waals surface area contributed by atoms with Crippen LogP contribution in [0.25, 0.3) is 22.6 Å². The number of carbonyl (C=O) groups is 1. The first-order valence-electron chi connectivity index (χ1n) is 9.06. The van der Waals surface area contributed by atoms with Crippen molar-refractivity contribution in [2.24, 2.45) is 0 Å². The second kappa shape index (κ2) is 8.11. The molecular formula is C19H14ClF3N6O3. The zero-order valence-corrected chi connectivity index (χ0v) is 17.2. The van der Waals surface area contributed by atoms with Gasteiger partial charge in [0, 0.05) is 6.07 Å². The van der Waals surface area contributed by atoms with Crippen molar-refractivity contribution < 1.29 is 27.2 Å². The molecule has 0 unspecified atom stereocenters. The summed E-state index contributed by atoms with van der Waals surface area (Å²) in [6.45, 7) is 1.65. The van der Waals surface area contributed by atoms with E-state index in [0.29, 0.717) is 11.2 Å². The van der Waals surface area contributed by atoms with Crippen LogP contribution in [-0.4, -0.2) is 38.1 Å². The van der Waals surface area contributed by atoms with E-state index in [1.807, 2.05) is 0 Å². The number of amides is 1. The maximum atomic E-state index is 12.9. The highest BCUT2D eigenvalue weighted by molar-refractivity contribution is 6.34. The molecule has 0 radical (unpaired) electrons. The van der Waals surface area contributed by atoms with Gasteiger partial charge in [-0.2, -0.15) is 13.2 Å². The summed E-state index contributed by atoms with van der Waals surface area (Å²) < 4.78 is 49.0. The number of ether oxygens (including phenoxy) is 1. The van der Waals surface area contributed by atoms with Crippen molar-refractivity contribution in [3.8, 4) is 17.5 Å². The summed E-state index contributed by atoms with van der Waals surface area (Å²) >= 11 is 6.07. The first-order valence-corrected chi connectivity index (χ1v) is 9.44. The monoisotopic (exact) mass is 466 g/mol. The van der Waals surface area contributed by atoms with E-state index >= 15 is 0 Å². The zero-order valence-electron chi connectivity index (χ0n) is 16.5. The lowest BCUT2D eigenvalue weighted by Crippen LogP contribution is -2.28. The van der Waals surface area contributed by atoms with Crippen LogP contribution < -0.4 is 10.1 Å². The molecule has 0 saturated heterocycles. The number of hydrogen-bond donors (Lipinski definition) is 2. The molecular weight excluding hydrogens is 453 g/mol. The van der Waals surface area contributed by atoms with Crippen LogP contribution in [0.4, 0.5) is 13.2 Å². The second-order valence-corrected chi connectivity index (χ2v) is 7.05. The standard InChI is InChI=1S/C19H14ClF3N6O3/c1-8(26-17(30)15-14(20)18(31-2)25-7-24-15)11-6-13(32-29-11)16-27-10-4-3-9(19(21,22)23)5-12(10)28-16/h3-8H,1-2H3,(H,26,30)(H,27,28)/t8-/m1/s1. The number of imidazole rings is 1. The lowest BCUT2D eigenvalue weighted by Gasteiger charge is -2.11. The molecule has 0 bridgehead atoms. The number of nitrogens with one attached hydrogen (secondary N) is 2. The molecule has 0 saturated carbocycles. The minimum absolute atomic E-state index is 0.0407. The Labute approximate surface area is 183 Å². The third-order valence-electron chi connectivity index (χ3n) is 4.53. The van der Waals surface area contributed by atoms with Gasteiger partial charge in [0.1, 0.15) is 17.0 Å². The molecule has 3 aromatic heterocycles. The number of rotatable bonds is 5. The fourth-order valence-corrected chi connectivity index (χ4v) is 3.16. The number of aromatic amines is 1. The minimum Gasteiger partial charge on any atom is -0.480 e. The normalized spacial score (nSPS) is 12.7. The zero-order chi connectivity index (χ0) is 23.0. The van der Waals surface area contributed by atoms with E-state index in [1.165, 1.54) is 19.2 Å². The molecule has 0 aliphatic heterocycles. The number of H-pyrrole nitrogens is 1. The Hall–Kier alpha value is -3.67. The van der Waals surface area contributed by atoms with Crippen LogP contribution in [-0.2, 0) is 6.18 Å². The van der Waals surface area contributed by atoms with Gasteiger partial charge in [0.15, 0.2) is 11.5 Å². The average molecular weight is 467 g/mol. The van der Waals surface area contributed by atoms with E-state index in [-0.39, 0.29) is 33.7 Å². The SMILES string of the molecule is COc1ncnc(C(=O)N[C@H](C)c2cc(-c3nc4ccc(C(F)(F)F)cc4[nH]3)on2)c1Cl. The first-order chi connectivity index (χ1) is 15.2. The van der Waals surface area contributed by atoms with Gasteiger partial charge < -0.3 is 19.6 Å². The van der Waals surface area contributed by atoms with Gasteiger partial charge in [-0.1, -0.05) is 16.8 Å². The Morgan fingerprint density at radius 2 is 2.06 bits per heavy atom. The highest BCUT2D eigenvalue weighted by Gasteiger charge is 2.31. The topological polar surface area (TPSA) is 119 Å². The number of alkyl halides is 3. The van der Waals surface area contributed by atoms with E-state index in [9.17, 15) is 18.0 Å². The van der Waals surface area contributed by atoms with Crippen molar-refractivity contribution in [1.82, 2.24) is 30.4 Å². The van der Waals surface area contributed by atoms with E-state index < -0.39 is 23.7 Å². The second-order valence-electron chi connectivity index (χ2n) is 6.67. The number of carbonyl (C=O) groups excluding carboxylic acids is 1. The van der Waals surface area contributed by atoms with Crippen LogP contribution in [0.3, 0.4) is 0 Å². The van der Waals surface area contributed by atoms with Gasteiger partial charge in [-0.25, -0.2) is 15.0 Å². The number of hydrogen-bond acceptors (Lipinski definition) is 7. The number of nitrogens with zero attached hydrogens (tertiary/aromatic N) is 4. The Balaban J connectivity index is 1.54. The summed E-state index contributed by atoms with van der Waals surface area (Å²) in [5, 5.41) is 6.53. The summed E-state index contributed by atoms with van der Waals surface area (Å²) in [7, 11) is 1.36. The van der Waals surface area contributed by atoms with Gasteiger partial charge in [0.05, 0.1) is 29.7 Å². The molecule has 4 aromatic rings. The fourth-order valence-electron chi connectivity index (χ4n) is 2.90. The van der Waals surface area contributed by atoms with E-state index in [0.717, 1.165) is 18.5 Å². The van der Waals surface area contributed by atoms with Crippen molar-refractivity contribution in [2.45, 2.75) is 19.1 Å². The highest BCUT2D eigenvalue weighted by Crippen LogP contribution is 2.32. The van der Waals surface area contributed by atoms with Crippen molar-refractivity contribution in [3.63, 3.8) is 0 Å². The van der Waals surface area contributed by atoms with Crippen LogP contribution in [0.15, 0.2) is 35.1 Å². The van der Waals surface area contributed by atoms with Gasteiger partial charge in [0.2, 0.25) is 11.6 Å². The van der Waals surface area contributed by atoms with Crippen LogP contribution in [0, 0.1) is 0 Å². The number of aromatic nitrogens is 5. The van der Waals surface area contributed by atoms with Gasteiger partial charge >= 0.3 is 6.18 Å². The summed E-state index contributed by atoms with van der Waals surface area (Å²) in [5.41, 5.74) is 0.00435. The number of fused-ring (bicyclic) bond motifs is 1. The molecule has 3 heterocycles. The van der Waals surface area contributed by atoms with Crippen LogP contribution in [0.1, 0.15) is 34.7 Å². The Morgan fingerprint density at radius 1 is 1.28 bits per heavy atom. The number of benzene rings is 1. The van der Waals surface area contributed by atoms with Crippen LogP contribution in [0.5, 0.6) is 5.88 Å². The largest absolute Gasteiger partial charge is 0.480 e. The molecule has 1 atom stereocenters. The molecule has 0 aliphatic carbocycles. The average Bonchev–Trinajstić information content (AvgIpc) is 3.39. The molecule has 0 fully saturated rings. The summed E-state index contributed by atoms with van der Waals surface area (Å²) in [4.78, 5) is 27.2. The molecule has 0 spiro atoms. The molecule has 4 rings (SSSR count). The number of halogens is 4. The molecule has 1 amide bonds. The van der Waals surface area contributed by atoms with Crippen molar-refractivity contribution in [1.29, 1.82) is 0 Å². The summed E-state index contributed by atoms with van der Waals surface area (Å²) in [5.74, 6) is -0.147. The van der Waals surface area contributed by atoms with Crippen LogP contribution >= 0.6 is 11.6 Å². The third kappa shape index (κ3) is 4.08. The maximum absolute atomic E-state index is 12.9. The Morgan fingerprint density at radius 3 is 2.78 bits per heavy atom. The lowest BCUT2D eigenvalue weighted by atomic mass is 10.2. The lowest BCUT2D eigenvalue weighted by molar-refractivity contribution is -0.137. The van der Waals surface area contributed by atoms with Gasteiger partial charge in [-0.15, -0.1) is 0 Å². The van der Waals surface area contributed by atoms with E-state index in [4.69, 9.17) is 20.9 Å². The fraction of sp³-hybridized carbons (Fsp3) is 0.211. The molecule has 9 nitrogen and oxygen atoms in total. The van der Waals surface area contributed by atoms with Crippen molar-refractivity contribution >= 4 is 28.5 Å². The van der Waals surface area contributed by atoms with Gasteiger partial charge in [-0.3, -0.25) is 4.79 Å². The molecule has 13 heteroatoms. The first kappa shape index (κ1) is 21.6. The molecule has 0 aliphatic rings. The van der Waals surface area contributed by atoms with E-state index in [2.05, 4.69) is 30.4 Å². The van der Waals surface area contributed by atoms with Crippen molar-refractivity contribution in [3.05, 3.63) is 52.6 Å². The van der Waals surface area contributed by atoms with Crippen LogP contribution in [0.2, 0.25) is 5.02 Å². The van der Waals surface area contributed by atoms with Crippen molar-refractivity contribution in [2.75, 3.05) is 7.11 Å². The molecule has 166 valence electrons. The predicted octanol–water partition coefficient (Wildman–Crippen LogP) is 4.18. The van der Waals surface area contributed by atoms with Gasteiger partial charge in [0.25, 0.3) is 5.91 Å². The quantitative estimate of drug-likeness (QED) is 0.453. The van der Waals surface area contributed by atoms with Gasteiger partial charge in [-0.05, 0) is 25.1 Å². The Bertz CT molecular complexity index is 1300. The number of methoxy groups -OCH3 is 1. The smallest absolute Gasteiger partial charge is 0.416 e. The summed E-state index contributed by atoms with van der Waals surface area (Å²) in [6, 6.07) is 4.07. The third-order valence-corrected chi connectivity index (χ3v) is 4.87. The molecule has 32 heavy (non-hydrogen) atoms. The summed E-state index contributed by atoms with van der Waals surface area (Å²) in [6.07, 6.45) is -3.33. The molecule has 2 N–H and O–H groups in total. The molecule has 1 aromatic carbocycles. The minimum atomic E-state index is -4.47.